The number of aromatic nitrogens is 1. The second kappa shape index (κ2) is 4.67. The average molecular weight is 254 g/mol. The maximum absolute atomic E-state index is 11.8. The third-order valence-electron chi connectivity index (χ3n) is 2.40. The highest BCUT2D eigenvalue weighted by molar-refractivity contribution is 6.36. The van der Waals surface area contributed by atoms with Crippen LogP contribution in [0.2, 0.25) is 5.02 Å². The van der Waals surface area contributed by atoms with Crippen LogP contribution in [0.3, 0.4) is 0 Å². The lowest BCUT2D eigenvalue weighted by Gasteiger charge is -2.08. The second-order valence-corrected chi connectivity index (χ2v) is 3.81. The first-order valence-electron chi connectivity index (χ1n) is 5.19. The van der Waals surface area contributed by atoms with Gasteiger partial charge in [-0.2, -0.15) is 0 Å². The molecular weight excluding hydrogens is 242 g/mol. The molecule has 0 aliphatic carbocycles. The van der Waals surface area contributed by atoms with Crippen molar-refractivity contribution < 1.29 is 9.47 Å². The van der Waals surface area contributed by atoms with Gasteiger partial charge < -0.3 is 14.5 Å². The first-order valence-corrected chi connectivity index (χ1v) is 5.57. The Balaban J connectivity index is 2.74. The number of hydrogen-bond acceptors (Lipinski definition) is 3. The first-order chi connectivity index (χ1) is 8.17. The molecule has 0 saturated heterocycles. The lowest BCUT2D eigenvalue weighted by molar-refractivity contribution is 0.328. The Hall–Kier alpha value is -1.68. The van der Waals surface area contributed by atoms with Gasteiger partial charge in [0.1, 0.15) is 10.8 Å². The predicted octanol–water partition coefficient (Wildman–Crippen LogP) is 2.59. The summed E-state index contributed by atoms with van der Waals surface area (Å²) in [7, 11) is 1.53. The molecule has 1 aromatic heterocycles. The van der Waals surface area contributed by atoms with Crippen molar-refractivity contribution in [3.63, 3.8) is 0 Å². The van der Waals surface area contributed by atoms with E-state index in [0.717, 1.165) is 0 Å². The molecule has 0 bridgehead atoms. The SMILES string of the molecule is CCOc1cc(=O)c2ccc(OC)c(Cl)c2[nH]1. The van der Waals surface area contributed by atoms with Crippen LogP contribution in [0.1, 0.15) is 6.92 Å². The number of ether oxygens (including phenoxy) is 2. The van der Waals surface area contributed by atoms with Crippen LogP contribution in [0, 0.1) is 0 Å². The van der Waals surface area contributed by atoms with Gasteiger partial charge in [0.2, 0.25) is 0 Å². The molecule has 0 fully saturated rings. The van der Waals surface area contributed by atoms with Crippen molar-refractivity contribution in [3.8, 4) is 11.6 Å². The van der Waals surface area contributed by atoms with Gasteiger partial charge in [-0.05, 0) is 19.1 Å². The predicted molar refractivity (Wildman–Crippen MR) is 67.3 cm³/mol. The summed E-state index contributed by atoms with van der Waals surface area (Å²) < 4.78 is 10.4. The number of pyridine rings is 1. The molecule has 0 radical (unpaired) electrons. The highest BCUT2D eigenvalue weighted by Crippen LogP contribution is 2.30. The molecular formula is C12H12ClNO3. The third kappa shape index (κ3) is 2.08. The molecule has 2 rings (SSSR count). The van der Waals surface area contributed by atoms with Crippen LogP contribution in [0.5, 0.6) is 11.6 Å². The van der Waals surface area contributed by atoms with Crippen LogP contribution in [0.15, 0.2) is 23.0 Å². The van der Waals surface area contributed by atoms with Crippen molar-refractivity contribution in [2.45, 2.75) is 6.92 Å². The van der Waals surface area contributed by atoms with Gasteiger partial charge in [-0.3, -0.25) is 4.79 Å². The van der Waals surface area contributed by atoms with Crippen molar-refractivity contribution in [1.82, 2.24) is 4.98 Å². The van der Waals surface area contributed by atoms with E-state index in [1.165, 1.54) is 13.2 Å². The lowest BCUT2D eigenvalue weighted by atomic mass is 10.2. The maximum atomic E-state index is 11.8. The molecule has 1 heterocycles. The highest BCUT2D eigenvalue weighted by Gasteiger charge is 2.10. The first kappa shape index (κ1) is 11.8. The van der Waals surface area contributed by atoms with Crippen molar-refractivity contribution in [3.05, 3.63) is 33.4 Å². The molecule has 90 valence electrons. The van der Waals surface area contributed by atoms with Crippen LogP contribution in [-0.4, -0.2) is 18.7 Å². The highest BCUT2D eigenvalue weighted by atomic mass is 35.5. The van der Waals surface area contributed by atoms with Crippen LogP contribution in [0.4, 0.5) is 0 Å². The smallest absolute Gasteiger partial charge is 0.195 e. The molecule has 0 atom stereocenters. The molecule has 4 nitrogen and oxygen atoms in total. The van der Waals surface area contributed by atoms with Gasteiger partial charge in [-0.1, -0.05) is 11.6 Å². The summed E-state index contributed by atoms with van der Waals surface area (Å²) in [4.78, 5) is 14.8. The number of methoxy groups -OCH3 is 1. The van der Waals surface area contributed by atoms with Crippen molar-refractivity contribution in [2.24, 2.45) is 0 Å². The lowest BCUT2D eigenvalue weighted by Crippen LogP contribution is -2.05. The standard InChI is InChI=1S/C12H12ClNO3/c1-3-17-10-6-8(15)7-4-5-9(16-2)11(13)12(7)14-10/h4-6H,3H2,1-2H3,(H,14,15). The fraction of sp³-hybridized carbons (Fsp3) is 0.250. The fourth-order valence-corrected chi connectivity index (χ4v) is 1.92. The molecule has 2 aromatic rings. The van der Waals surface area contributed by atoms with E-state index in [-0.39, 0.29) is 5.43 Å². The summed E-state index contributed by atoms with van der Waals surface area (Å²) >= 11 is 6.14. The van der Waals surface area contributed by atoms with Crippen LogP contribution in [0.25, 0.3) is 10.9 Å². The van der Waals surface area contributed by atoms with E-state index in [1.807, 2.05) is 6.92 Å². The van der Waals surface area contributed by atoms with E-state index in [0.29, 0.717) is 34.2 Å². The van der Waals surface area contributed by atoms with E-state index < -0.39 is 0 Å². The number of nitrogens with one attached hydrogen (secondary N) is 1. The second-order valence-electron chi connectivity index (χ2n) is 3.44. The molecule has 0 unspecified atom stereocenters. The number of rotatable bonds is 3. The molecule has 1 aromatic carbocycles. The van der Waals surface area contributed by atoms with Crippen LogP contribution >= 0.6 is 11.6 Å². The Bertz CT molecular complexity index is 606. The van der Waals surface area contributed by atoms with E-state index >= 15 is 0 Å². The minimum absolute atomic E-state index is 0.133. The normalized spacial score (nSPS) is 10.5. The average Bonchev–Trinajstić information content (AvgIpc) is 2.31. The van der Waals surface area contributed by atoms with E-state index in [9.17, 15) is 4.79 Å². The van der Waals surface area contributed by atoms with Crippen molar-refractivity contribution in [1.29, 1.82) is 0 Å². The molecule has 0 saturated carbocycles. The summed E-state index contributed by atoms with van der Waals surface area (Å²) in [5.41, 5.74) is 0.397. The summed E-state index contributed by atoms with van der Waals surface area (Å²) in [6, 6.07) is 4.75. The number of fused-ring (bicyclic) bond motifs is 1. The quantitative estimate of drug-likeness (QED) is 0.915. The number of hydrogen-bond donors (Lipinski definition) is 1. The van der Waals surface area contributed by atoms with E-state index in [4.69, 9.17) is 21.1 Å². The molecule has 0 aliphatic rings. The Labute approximate surface area is 103 Å². The molecule has 1 N–H and O–H groups in total. The molecule has 0 spiro atoms. The van der Waals surface area contributed by atoms with Gasteiger partial charge in [0.05, 0.1) is 19.2 Å². The minimum Gasteiger partial charge on any atom is -0.495 e. The maximum Gasteiger partial charge on any atom is 0.195 e. The Morgan fingerprint density at radius 2 is 2.18 bits per heavy atom. The van der Waals surface area contributed by atoms with Gasteiger partial charge >= 0.3 is 0 Å². The zero-order valence-electron chi connectivity index (χ0n) is 9.54. The number of H-pyrrole nitrogens is 1. The van der Waals surface area contributed by atoms with Crippen molar-refractivity contribution in [2.75, 3.05) is 13.7 Å². The Kier molecular flexibility index (Phi) is 3.24. The third-order valence-corrected chi connectivity index (χ3v) is 2.78. The summed E-state index contributed by atoms with van der Waals surface area (Å²) in [5, 5.41) is 0.892. The largest absolute Gasteiger partial charge is 0.495 e. The summed E-state index contributed by atoms with van der Waals surface area (Å²) in [6.07, 6.45) is 0. The topological polar surface area (TPSA) is 51.3 Å². The zero-order valence-corrected chi connectivity index (χ0v) is 10.3. The molecule has 5 heteroatoms. The Morgan fingerprint density at radius 3 is 2.82 bits per heavy atom. The number of aromatic amines is 1. The van der Waals surface area contributed by atoms with Crippen molar-refractivity contribution >= 4 is 22.5 Å². The van der Waals surface area contributed by atoms with E-state index in [2.05, 4.69) is 4.98 Å². The van der Waals surface area contributed by atoms with Gasteiger partial charge in [-0.25, -0.2) is 0 Å². The number of halogens is 1. The molecule has 0 aliphatic heterocycles. The van der Waals surface area contributed by atoms with Gasteiger partial charge in [0, 0.05) is 11.5 Å². The van der Waals surface area contributed by atoms with Crippen LogP contribution < -0.4 is 14.9 Å². The molecule has 17 heavy (non-hydrogen) atoms. The van der Waals surface area contributed by atoms with Crippen LogP contribution in [-0.2, 0) is 0 Å². The zero-order chi connectivity index (χ0) is 12.4. The summed E-state index contributed by atoms with van der Waals surface area (Å²) in [6.45, 7) is 2.32. The minimum atomic E-state index is -0.133. The fourth-order valence-electron chi connectivity index (χ4n) is 1.63. The summed E-state index contributed by atoms with van der Waals surface area (Å²) in [5.74, 6) is 0.920. The van der Waals surface area contributed by atoms with E-state index in [1.54, 1.807) is 12.1 Å². The molecule has 0 amide bonds. The monoisotopic (exact) mass is 253 g/mol. The Morgan fingerprint density at radius 1 is 1.41 bits per heavy atom. The van der Waals surface area contributed by atoms with Gasteiger partial charge in [0.15, 0.2) is 11.3 Å². The van der Waals surface area contributed by atoms with Gasteiger partial charge in [0.25, 0.3) is 0 Å². The van der Waals surface area contributed by atoms with Gasteiger partial charge in [-0.15, -0.1) is 0 Å². The number of benzene rings is 1.